The Labute approximate surface area is 107 Å². The van der Waals surface area contributed by atoms with Crippen LogP contribution in [0, 0.1) is 13.8 Å². The minimum absolute atomic E-state index is 0.484. The van der Waals surface area contributed by atoms with Crippen molar-refractivity contribution >= 4 is 23.2 Å². The van der Waals surface area contributed by atoms with Crippen LogP contribution in [0.1, 0.15) is 23.1 Å². The van der Waals surface area contributed by atoms with E-state index in [4.69, 9.17) is 23.2 Å². The van der Waals surface area contributed by atoms with Gasteiger partial charge in [-0.25, -0.2) is 0 Å². The summed E-state index contributed by atoms with van der Waals surface area (Å²) < 4.78 is 0. The SMILES string of the molecule is Cc1cccc(C2(Cl)C=CC=C(Cl)C2)c1C. The third-order valence-electron chi connectivity index (χ3n) is 3.12. The molecule has 0 saturated carbocycles. The fourth-order valence-electron chi connectivity index (χ4n) is 2.06. The lowest BCUT2D eigenvalue weighted by molar-refractivity contribution is 0.746. The molecule has 0 radical (unpaired) electrons. The molecule has 0 nitrogen and oxygen atoms in total. The van der Waals surface area contributed by atoms with E-state index in [-0.39, 0.29) is 0 Å². The number of hydrogen-bond donors (Lipinski definition) is 0. The molecule has 0 saturated heterocycles. The van der Waals surface area contributed by atoms with Gasteiger partial charge in [0.25, 0.3) is 0 Å². The number of allylic oxidation sites excluding steroid dienone is 4. The van der Waals surface area contributed by atoms with Gasteiger partial charge in [0.05, 0.1) is 4.87 Å². The predicted molar refractivity (Wildman–Crippen MR) is 71.1 cm³/mol. The van der Waals surface area contributed by atoms with Crippen molar-refractivity contribution in [2.24, 2.45) is 0 Å². The molecule has 0 fully saturated rings. The first-order chi connectivity index (χ1) is 7.53. The molecule has 0 N–H and O–H groups in total. The molecule has 2 heteroatoms. The molecule has 0 bridgehead atoms. The summed E-state index contributed by atoms with van der Waals surface area (Å²) in [5.41, 5.74) is 3.65. The van der Waals surface area contributed by atoms with Gasteiger partial charge in [0.1, 0.15) is 0 Å². The van der Waals surface area contributed by atoms with Crippen molar-refractivity contribution < 1.29 is 0 Å². The largest absolute Gasteiger partial charge is 0.109 e. The molecule has 0 heterocycles. The Balaban J connectivity index is 2.49. The van der Waals surface area contributed by atoms with E-state index >= 15 is 0 Å². The zero-order valence-corrected chi connectivity index (χ0v) is 10.9. The Hall–Kier alpha value is -0.720. The average Bonchev–Trinajstić information content (AvgIpc) is 2.21. The molecule has 1 aromatic rings. The highest BCUT2D eigenvalue weighted by Gasteiger charge is 2.30. The monoisotopic (exact) mass is 252 g/mol. The van der Waals surface area contributed by atoms with E-state index in [0.29, 0.717) is 6.42 Å². The van der Waals surface area contributed by atoms with Crippen molar-refractivity contribution in [1.29, 1.82) is 0 Å². The Morgan fingerprint density at radius 2 is 2.00 bits per heavy atom. The van der Waals surface area contributed by atoms with E-state index in [1.54, 1.807) is 0 Å². The fourth-order valence-corrected chi connectivity index (χ4v) is 2.83. The molecule has 1 aliphatic rings. The van der Waals surface area contributed by atoms with Gasteiger partial charge in [-0.2, -0.15) is 0 Å². The van der Waals surface area contributed by atoms with Crippen LogP contribution in [0.2, 0.25) is 0 Å². The molecule has 84 valence electrons. The summed E-state index contributed by atoms with van der Waals surface area (Å²) >= 11 is 12.7. The number of halogens is 2. The standard InChI is InChI=1S/C14H14Cl2/c1-10-5-3-7-13(11(10)2)14(16)8-4-6-12(15)9-14/h3-8H,9H2,1-2H3. The molecule has 1 unspecified atom stereocenters. The summed E-state index contributed by atoms with van der Waals surface area (Å²) in [5, 5.41) is 0.804. The molecule has 16 heavy (non-hydrogen) atoms. The maximum atomic E-state index is 6.66. The second-order valence-electron chi connectivity index (χ2n) is 4.26. The maximum Gasteiger partial charge on any atom is 0.0929 e. The van der Waals surface area contributed by atoms with E-state index in [0.717, 1.165) is 10.6 Å². The topological polar surface area (TPSA) is 0 Å². The Kier molecular flexibility index (Phi) is 3.14. The minimum atomic E-state index is -0.484. The first-order valence-electron chi connectivity index (χ1n) is 5.32. The van der Waals surface area contributed by atoms with Crippen molar-refractivity contribution in [2.45, 2.75) is 25.1 Å². The van der Waals surface area contributed by atoms with Crippen LogP contribution in [0.15, 0.2) is 41.5 Å². The van der Waals surface area contributed by atoms with Gasteiger partial charge in [-0.3, -0.25) is 0 Å². The Bertz CT molecular complexity index is 472. The highest BCUT2D eigenvalue weighted by atomic mass is 35.5. The second kappa shape index (κ2) is 4.27. The zero-order chi connectivity index (χ0) is 11.8. The Morgan fingerprint density at radius 3 is 2.69 bits per heavy atom. The van der Waals surface area contributed by atoms with Gasteiger partial charge in [-0.15, -0.1) is 11.6 Å². The fraction of sp³-hybridized carbons (Fsp3) is 0.286. The van der Waals surface area contributed by atoms with Gasteiger partial charge in [-0.1, -0.05) is 42.0 Å². The number of rotatable bonds is 1. The second-order valence-corrected chi connectivity index (χ2v) is 5.42. The van der Waals surface area contributed by atoms with Gasteiger partial charge in [0, 0.05) is 11.5 Å². The van der Waals surface area contributed by atoms with Crippen LogP contribution in [-0.4, -0.2) is 0 Å². The molecular formula is C14H14Cl2. The molecule has 2 rings (SSSR count). The lowest BCUT2D eigenvalue weighted by Crippen LogP contribution is -2.19. The molecular weight excluding hydrogens is 239 g/mol. The summed E-state index contributed by atoms with van der Waals surface area (Å²) in [7, 11) is 0. The maximum absolute atomic E-state index is 6.66. The van der Waals surface area contributed by atoms with Gasteiger partial charge in [-0.05, 0) is 36.6 Å². The lowest BCUT2D eigenvalue weighted by Gasteiger charge is -2.28. The van der Waals surface area contributed by atoms with Crippen LogP contribution in [-0.2, 0) is 4.87 Å². The van der Waals surface area contributed by atoms with Crippen LogP contribution >= 0.6 is 23.2 Å². The summed E-state index contributed by atoms with van der Waals surface area (Å²) in [5.74, 6) is 0. The highest BCUT2D eigenvalue weighted by molar-refractivity contribution is 6.32. The van der Waals surface area contributed by atoms with E-state index in [9.17, 15) is 0 Å². The summed E-state index contributed by atoms with van der Waals surface area (Å²) in [6.45, 7) is 4.21. The molecule has 0 aliphatic heterocycles. The van der Waals surface area contributed by atoms with Crippen molar-refractivity contribution in [1.82, 2.24) is 0 Å². The van der Waals surface area contributed by atoms with E-state index in [1.165, 1.54) is 11.1 Å². The summed E-state index contributed by atoms with van der Waals surface area (Å²) in [6.07, 6.45) is 6.51. The molecule has 0 amide bonds. The summed E-state index contributed by atoms with van der Waals surface area (Å²) in [4.78, 5) is -0.484. The highest BCUT2D eigenvalue weighted by Crippen LogP contribution is 2.42. The number of alkyl halides is 1. The lowest BCUT2D eigenvalue weighted by atomic mass is 9.87. The Morgan fingerprint density at radius 1 is 1.25 bits per heavy atom. The first kappa shape index (κ1) is 11.8. The van der Waals surface area contributed by atoms with Crippen LogP contribution in [0.3, 0.4) is 0 Å². The van der Waals surface area contributed by atoms with Crippen LogP contribution < -0.4 is 0 Å². The van der Waals surface area contributed by atoms with Crippen LogP contribution in [0.25, 0.3) is 0 Å². The van der Waals surface area contributed by atoms with Gasteiger partial charge < -0.3 is 0 Å². The van der Waals surface area contributed by atoms with Crippen molar-refractivity contribution in [3.63, 3.8) is 0 Å². The zero-order valence-electron chi connectivity index (χ0n) is 9.43. The summed E-state index contributed by atoms with van der Waals surface area (Å²) in [6, 6.07) is 6.22. The van der Waals surface area contributed by atoms with E-state index < -0.39 is 4.87 Å². The van der Waals surface area contributed by atoms with Gasteiger partial charge in [0.15, 0.2) is 0 Å². The van der Waals surface area contributed by atoms with Crippen molar-refractivity contribution in [3.8, 4) is 0 Å². The average molecular weight is 253 g/mol. The molecule has 0 aromatic heterocycles. The van der Waals surface area contributed by atoms with Gasteiger partial charge >= 0.3 is 0 Å². The van der Waals surface area contributed by atoms with Crippen LogP contribution in [0.5, 0.6) is 0 Å². The van der Waals surface area contributed by atoms with Crippen molar-refractivity contribution in [2.75, 3.05) is 0 Å². The third-order valence-corrected chi connectivity index (χ3v) is 3.84. The predicted octanol–water partition coefficient (Wildman–Crippen LogP) is 4.82. The van der Waals surface area contributed by atoms with E-state index in [2.05, 4.69) is 26.0 Å². The third kappa shape index (κ3) is 2.05. The van der Waals surface area contributed by atoms with Crippen molar-refractivity contribution in [3.05, 3.63) is 58.1 Å². The number of hydrogen-bond acceptors (Lipinski definition) is 0. The molecule has 1 atom stereocenters. The van der Waals surface area contributed by atoms with Gasteiger partial charge in [0.2, 0.25) is 0 Å². The molecule has 0 spiro atoms. The molecule has 1 aromatic carbocycles. The quantitative estimate of drug-likeness (QED) is 0.629. The first-order valence-corrected chi connectivity index (χ1v) is 6.08. The minimum Gasteiger partial charge on any atom is -0.109 e. The van der Waals surface area contributed by atoms with E-state index in [1.807, 2.05) is 24.3 Å². The number of aryl methyl sites for hydroxylation is 1. The normalized spacial score (nSPS) is 24.4. The molecule has 1 aliphatic carbocycles. The van der Waals surface area contributed by atoms with Crippen LogP contribution in [0.4, 0.5) is 0 Å². The smallest absolute Gasteiger partial charge is 0.0929 e. The number of benzene rings is 1.